The fourth-order valence-corrected chi connectivity index (χ4v) is 0. The lowest BCUT2D eigenvalue weighted by Gasteiger charge is -1.74. The lowest BCUT2D eigenvalue weighted by Crippen LogP contribution is -1.61. The van der Waals surface area contributed by atoms with E-state index < -0.39 is 0 Å². The van der Waals surface area contributed by atoms with E-state index in [1.54, 1.807) is 6.92 Å². The molecule has 0 aliphatic heterocycles. The van der Waals surface area contributed by atoms with Gasteiger partial charge in [0.1, 0.15) is 0 Å². The summed E-state index contributed by atoms with van der Waals surface area (Å²) in [5, 5.41) is 8.11. The van der Waals surface area contributed by atoms with Crippen molar-refractivity contribution >= 4 is 0 Å². The minimum atomic E-state index is 0.130. The zero-order valence-corrected chi connectivity index (χ0v) is 3.23. The zero-order chi connectivity index (χ0) is 4.28. The van der Waals surface area contributed by atoms with E-state index >= 15 is 0 Å². The molecule has 0 spiro atoms. The average Bonchev–Trinajstić information content (AvgIpc) is 1.38. The van der Waals surface area contributed by atoms with Crippen LogP contribution < -0.4 is 0 Å². The van der Waals surface area contributed by atoms with Crippen molar-refractivity contribution in [3.63, 3.8) is 0 Å². The molecular weight excluding hydrogens is 64.0 g/mol. The van der Waals surface area contributed by atoms with Gasteiger partial charge in [0.05, 0.1) is 5.76 Å². The Morgan fingerprint density at radius 1 is 2.00 bits per heavy atom. The Hall–Kier alpha value is -0.460. The third-order valence-electron chi connectivity index (χ3n) is 0.333. The van der Waals surface area contributed by atoms with Crippen LogP contribution in [-0.4, -0.2) is 5.11 Å². The highest BCUT2D eigenvalue weighted by Crippen LogP contribution is 1.76. The first-order valence-electron chi connectivity index (χ1n) is 1.44. The molecule has 0 atom stereocenters. The molecule has 0 unspecified atom stereocenters. The van der Waals surface area contributed by atoms with Gasteiger partial charge < -0.3 is 5.11 Å². The zero-order valence-electron chi connectivity index (χ0n) is 3.23. The van der Waals surface area contributed by atoms with Crippen LogP contribution >= 0.6 is 0 Å². The predicted octanol–water partition coefficient (Wildman–Crippen LogP) is 1.28. The van der Waals surface area contributed by atoms with Crippen molar-refractivity contribution in [2.24, 2.45) is 0 Å². The van der Waals surface area contributed by atoms with Crippen LogP contribution in [0, 0.1) is 6.92 Å². The maximum absolute atomic E-state index is 8.11. The summed E-state index contributed by atoms with van der Waals surface area (Å²) in [6.45, 7) is 4.90. The van der Waals surface area contributed by atoms with E-state index in [9.17, 15) is 0 Å². The largest absolute Gasteiger partial charge is 0.513 e. The standard InChI is InChI=1S/C4H7O/c1-3-4(2)5/h3,5H,2H2,1H3. The van der Waals surface area contributed by atoms with Gasteiger partial charge in [-0.15, -0.1) is 0 Å². The minimum absolute atomic E-state index is 0.130. The van der Waals surface area contributed by atoms with Gasteiger partial charge in [-0.1, -0.05) is 0 Å². The molecule has 0 bridgehead atoms. The van der Waals surface area contributed by atoms with Gasteiger partial charge in [-0.25, -0.2) is 0 Å². The van der Waals surface area contributed by atoms with Crippen molar-refractivity contribution < 1.29 is 5.11 Å². The molecular formula is C4H7O. The van der Waals surface area contributed by atoms with Crippen LogP contribution in [-0.2, 0) is 0 Å². The van der Waals surface area contributed by atoms with Gasteiger partial charge in [-0.05, 0) is 13.0 Å². The predicted molar refractivity (Wildman–Crippen MR) is 21.7 cm³/mol. The Labute approximate surface area is 31.9 Å². The highest BCUT2D eigenvalue weighted by atomic mass is 16.3. The molecule has 0 aromatic carbocycles. The smallest absolute Gasteiger partial charge is 0.0884 e. The van der Waals surface area contributed by atoms with Crippen LogP contribution in [0.15, 0.2) is 11.8 Å². The van der Waals surface area contributed by atoms with E-state index in [0.717, 1.165) is 0 Å². The molecule has 1 nitrogen and oxygen atoms in total. The molecule has 0 rings (SSSR count). The number of hydrogen-bond acceptors (Lipinski definition) is 1. The second kappa shape index (κ2) is 1.82. The molecule has 29 valence electrons. The minimum Gasteiger partial charge on any atom is -0.513 e. The first kappa shape index (κ1) is 4.54. The number of aliphatic hydroxyl groups excluding tert-OH is 1. The Kier molecular flexibility index (Phi) is 1.65. The van der Waals surface area contributed by atoms with Crippen LogP contribution in [0.25, 0.3) is 0 Å². The summed E-state index contributed by atoms with van der Waals surface area (Å²) in [6, 6.07) is 0. The fraction of sp³-hybridized carbons (Fsp3) is 0.250. The van der Waals surface area contributed by atoms with Gasteiger partial charge in [-0.2, -0.15) is 0 Å². The van der Waals surface area contributed by atoms with Gasteiger partial charge >= 0.3 is 0 Å². The van der Waals surface area contributed by atoms with Gasteiger partial charge in [0.25, 0.3) is 0 Å². The maximum atomic E-state index is 8.11. The first-order valence-corrected chi connectivity index (χ1v) is 1.44. The molecule has 1 radical (unpaired) electrons. The number of rotatable bonds is 0. The molecule has 0 aromatic rings. The normalized spacial score (nSPS) is 12.0. The molecule has 1 N–H and O–H groups in total. The summed E-state index contributed by atoms with van der Waals surface area (Å²) < 4.78 is 0. The van der Waals surface area contributed by atoms with Crippen molar-refractivity contribution in [3.8, 4) is 0 Å². The van der Waals surface area contributed by atoms with E-state index in [2.05, 4.69) is 6.92 Å². The van der Waals surface area contributed by atoms with Gasteiger partial charge in [-0.3, -0.25) is 0 Å². The third-order valence-corrected chi connectivity index (χ3v) is 0.333. The highest BCUT2D eigenvalue weighted by molar-refractivity contribution is 4.89. The lowest BCUT2D eigenvalue weighted by molar-refractivity contribution is 0.430. The van der Waals surface area contributed by atoms with Crippen LogP contribution in [0.4, 0.5) is 0 Å². The topological polar surface area (TPSA) is 20.2 Å². The quantitative estimate of drug-likeness (QED) is 0.426. The molecule has 0 aliphatic carbocycles. The molecule has 0 heterocycles. The van der Waals surface area contributed by atoms with E-state index in [4.69, 9.17) is 5.11 Å². The van der Waals surface area contributed by atoms with Gasteiger partial charge in [0.15, 0.2) is 0 Å². The van der Waals surface area contributed by atoms with Crippen LogP contribution in [0.3, 0.4) is 0 Å². The molecule has 0 fully saturated rings. The first-order chi connectivity index (χ1) is 2.27. The number of aliphatic hydroxyl groups is 1. The van der Waals surface area contributed by atoms with Crippen molar-refractivity contribution in [2.75, 3.05) is 0 Å². The van der Waals surface area contributed by atoms with Gasteiger partial charge in [0, 0.05) is 6.92 Å². The van der Waals surface area contributed by atoms with E-state index in [-0.39, 0.29) is 5.76 Å². The summed E-state index contributed by atoms with van der Waals surface area (Å²) in [4.78, 5) is 0. The number of allylic oxidation sites excluding steroid dienone is 2. The van der Waals surface area contributed by atoms with Crippen molar-refractivity contribution in [1.29, 1.82) is 0 Å². The van der Waals surface area contributed by atoms with Crippen LogP contribution in [0.5, 0.6) is 0 Å². The number of hydrogen-bond donors (Lipinski definition) is 1. The fourth-order valence-electron chi connectivity index (χ4n) is 0. The summed E-state index contributed by atoms with van der Waals surface area (Å²) >= 11 is 0. The molecule has 5 heavy (non-hydrogen) atoms. The monoisotopic (exact) mass is 71.0 g/mol. The Bertz CT molecular complexity index is 41.6. The highest BCUT2D eigenvalue weighted by Gasteiger charge is 1.63. The van der Waals surface area contributed by atoms with Crippen molar-refractivity contribution in [3.05, 3.63) is 18.8 Å². The SMILES string of the molecule is [CH2]C(O)=CC. The van der Waals surface area contributed by atoms with E-state index in [1.165, 1.54) is 6.08 Å². The van der Waals surface area contributed by atoms with E-state index in [0.29, 0.717) is 0 Å². The van der Waals surface area contributed by atoms with Crippen molar-refractivity contribution in [1.82, 2.24) is 0 Å². The summed E-state index contributed by atoms with van der Waals surface area (Å²) in [5.41, 5.74) is 0. The second-order valence-electron chi connectivity index (χ2n) is 0.780. The maximum Gasteiger partial charge on any atom is 0.0884 e. The third kappa shape index (κ3) is 3.54. The molecule has 1 heteroatoms. The molecule has 0 amide bonds. The second-order valence-corrected chi connectivity index (χ2v) is 0.780. The van der Waals surface area contributed by atoms with E-state index in [1.807, 2.05) is 0 Å². The summed E-state index contributed by atoms with van der Waals surface area (Å²) in [5.74, 6) is 0.130. The summed E-state index contributed by atoms with van der Waals surface area (Å²) in [6.07, 6.45) is 1.53. The van der Waals surface area contributed by atoms with Crippen LogP contribution in [0.2, 0.25) is 0 Å². The van der Waals surface area contributed by atoms with Crippen molar-refractivity contribution in [2.45, 2.75) is 6.92 Å². The molecule has 0 aromatic heterocycles. The molecule has 0 saturated carbocycles. The molecule has 0 saturated heterocycles. The lowest BCUT2D eigenvalue weighted by atomic mass is 10.5. The summed E-state index contributed by atoms with van der Waals surface area (Å²) in [7, 11) is 0. The Balaban J connectivity index is 3.14. The molecule has 0 aliphatic rings. The Morgan fingerprint density at radius 2 is 2.20 bits per heavy atom. The van der Waals surface area contributed by atoms with Gasteiger partial charge in [0.2, 0.25) is 0 Å². The van der Waals surface area contributed by atoms with Crippen LogP contribution in [0.1, 0.15) is 6.92 Å². The average molecular weight is 71.1 g/mol. The Morgan fingerprint density at radius 3 is 2.20 bits per heavy atom.